The molecule has 0 radical (unpaired) electrons. The molecule has 5 heteroatoms. The van der Waals surface area contributed by atoms with Crippen molar-refractivity contribution in [2.45, 2.75) is 72.5 Å². The van der Waals surface area contributed by atoms with Crippen molar-refractivity contribution in [3.05, 3.63) is 12.2 Å². The molecule has 122 valence electrons. The second-order valence-electron chi connectivity index (χ2n) is 6.83. The first kappa shape index (κ1) is 19.5. The summed E-state index contributed by atoms with van der Waals surface area (Å²) in [6.07, 6.45) is 4.22. The molecule has 0 spiro atoms. The Bertz CT molecular complexity index is 347. The molecule has 0 saturated carbocycles. The van der Waals surface area contributed by atoms with Gasteiger partial charge in [-0.05, 0) is 48.0 Å². The van der Waals surface area contributed by atoms with E-state index >= 15 is 0 Å². The van der Waals surface area contributed by atoms with Crippen molar-refractivity contribution in [3.8, 4) is 0 Å². The van der Waals surface area contributed by atoms with Crippen molar-refractivity contribution in [2.24, 2.45) is 0 Å². The molecule has 21 heavy (non-hydrogen) atoms. The Morgan fingerprint density at radius 2 is 1.33 bits per heavy atom. The molecule has 0 bridgehead atoms. The van der Waals surface area contributed by atoms with E-state index in [4.69, 9.17) is 9.47 Å². The van der Waals surface area contributed by atoms with Crippen molar-refractivity contribution < 1.29 is 19.1 Å². The summed E-state index contributed by atoms with van der Waals surface area (Å²) in [7, 11) is 0. The van der Waals surface area contributed by atoms with E-state index in [1.54, 1.807) is 47.6 Å². The molecule has 0 aliphatic heterocycles. The van der Waals surface area contributed by atoms with Crippen molar-refractivity contribution in [3.63, 3.8) is 0 Å². The number of carbonyl (C=O) groups is 2. The van der Waals surface area contributed by atoms with Gasteiger partial charge in [0.05, 0.1) is 6.54 Å². The van der Waals surface area contributed by atoms with Crippen LogP contribution in [0.2, 0.25) is 0 Å². The molecule has 0 unspecified atom stereocenters. The van der Waals surface area contributed by atoms with Crippen LogP contribution in [-0.4, -0.2) is 34.8 Å². The van der Waals surface area contributed by atoms with Crippen LogP contribution < -0.4 is 0 Å². The van der Waals surface area contributed by atoms with Gasteiger partial charge in [0, 0.05) is 0 Å². The van der Waals surface area contributed by atoms with Gasteiger partial charge in [-0.25, -0.2) is 14.5 Å². The van der Waals surface area contributed by atoms with Crippen molar-refractivity contribution in [2.75, 3.05) is 6.54 Å². The van der Waals surface area contributed by atoms with Crippen LogP contribution in [-0.2, 0) is 9.47 Å². The third kappa shape index (κ3) is 9.93. The number of hydrogen-bond donors (Lipinski definition) is 0. The predicted octanol–water partition coefficient (Wildman–Crippen LogP) is 4.51. The Kier molecular flexibility index (Phi) is 7.47. The fourth-order valence-corrected chi connectivity index (χ4v) is 1.32. The molecule has 0 saturated heterocycles. The summed E-state index contributed by atoms with van der Waals surface area (Å²) in [6, 6.07) is 0. The van der Waals surface area contributed by atoms with Crippen molar-refractivity contribution >= 4 is 12.2 Å². The van der Waals surface area contributed by atoms with Crippen LogP contribution in [0.25, 0.3) is 0 Å². The Balaban J connectivity index is 4.91. The third-order valence-electron chi connectivity index (χ3n) is 2.14. The van der Waals surface area contributed by atoms with E-state index in [2.05, 4.69) is 6.92 Å². The molecule has 0 rings (SSSR count). The molecule has 0 aromatic carbocycles. The lowest BCUT2D eigenvalue weighted by Gasteiger charge is -2.28. The number of rotatable bonds is 4. The van der Waals surface area contributed by atoms with Crippen LogP contribution in [0.15, 0.2) is 12.2 Å². The molecular formula is C16H29NO4. The lowest BCUT2D eigenvalue weighted by Crippen LogP contribution is -2.43. The highest BCUT2D eigenvalue weighted by Gasteiger charge is 2.30. The monoisotopic (exact) mass is 299 g/mol. The van der Waals surface area contributed by atoms with E-state index in [0.29, 0.717) is 0 Å². The summed E-state index contributed by atoms with van der Waals surface area (Å²) < 4.78 is 10.5. The van der Waals surface area contributed by atoms with Crippen molar-refractivity contribution in [1.29, 1.82) is 0 Å². The zero-order chi connectivity index (χ0) is 16.7. The molecule has 0 aromatic heterocycles. The van der Waals surface area contributed by atoms with E-state index in [9.17, 15) is 9.59 Å². The molecule has 0 heterocycles. The van der Waals surface area contributed by atoms with Crippen LogP contribution in [0.5, 0.6) is 0 Å². The number of imide groups is 1. The quantitative estimate of drug-likeness (QED) is 0.716. The Morgan fingerprint density at radius 1 is 0.905 bits per heavy atom. The molecule has 5 nitrogen and oxygen atoms in total. The van der Waals surface area contributed by atoms with Gasteiger partial charge in [-0.2, -0.15) is 0 Å². The zero-order valence-corrected chi connectivity index (χ0v) is 14.4. The number of hydrogen-bond acceptors (Lipinski definition) is 4. The molecular weight excluding hydrogens is 270 g/mol. The molecule has 0 aliphatic rings. The van der Waals surface area contributed by atoms with Gasteiger partial charge in [0.1, 0.15) is 11.2 Å². The van der Waals surface area contributed by atoms with Gasteiger partial charge in [0.25, 0.3) is 0 Å². The summed E-state index contributed by atoms with van der Waals surface area (Å²) in [5, 5.41) is 0. The highest BCUT2D eigenvalue weighted by atomic mass is 16.6. The van der Waals surface area contributed by atoms with Gasteiger partial charge in [0.2, 0.25) is 0 Å². The molecule has 2 amide bonds. The summed E-state index contributed by atoms with van der Waals surface area (Å²) in [6.45, 7) is 12.7. The summed E-state index contributed by atoms with van der Waals surface area (Å²) in [5.74, 6) is 0. The standard InChI is InChI=1S/C16H29NO4/c1-8-9-10-11-12-17(13(18)20-15(2,3)4)14(19)21-16(5,6)7/h10-11H,8-9,12H2,1-7H3/b11-10-. The minimum Gasteiger partial charge on any atom is -0.443 e. The summed E-state index contributed by atoms with van der Waals surface area (Å²) >= 11 is 0. The van der Waals surface area contributed by atoms with E-state index in [1.807, 2.05) is 6.08 Å². The third-order valence-corrected chi connectivity index (χ3v) is 2.14. The predicted molar refractivity (Wildman–Crippen MR) is 83.2 cm³/mol. The minimum atomic E-state index is -0.696. The maximum atomic E-state index is 12.1. The van der Waals surface area contributed by atoms with Gasteiger partial charge in [-0.15, -0.1) is 0 Å². The molecule has 0 atom stereocenters. The van der Waals surface area contributed by atoms with E-state index in [0.717, 1.165) is 17.7 Å². The molecule has 0 aromatic rings. The van der Waals surface area contributed by atoms with Crippen LogP contribution in [0, 0.1) is 0 Å². The van der Waals surface area contributed by atoms with E-state index in [-0.39, 0.29) is 6.54 Å². The number of carbonyl (C=O) groups excluding carboxylic acids is 2. The first-order valence-electron chi connectivity index (χ1n) is 7.35. The van der Waals surface area contributed by atoms with Gasteiger partial charge in [0.15, 0.2) is 0 Å². The molecule has 0 aliphatic carbocycles. The van der Waals surface area contributed by atoms with Crippen molar-refractivity contribution in [1.82, 2.24) is 4.90 Å². The van der Waals surface area contributed by atoms with E-state index in [1.165, 1.54) is 0 Å². The normalized spacial score (nSPS) is 12.3. The Labute approximate surface area is 128 Å². The number of ether oxygens (including phenoxy) is 2. The van der Waals surface area contributed by atoms with Gasteiger partial charge >= 0.3 is 12.2 Å². The van der Waals surface area contributed by atoms with Crippen LogP contribution >= 0.6 is 0 Å². The topological polar surface area (TPSA) is 55.8 Å². The summed E-state index contributed by atoms with van der Waals surface area (Å²) in [5.41, 5.74) is -1.32. The second-order valence-corrected chi connectivity index (χ2v) is 6.83. The number of nitrogens with zero attached hydrogens (tertiary/aromatic N) is 1. The Hall–Kier alpha value is -1.52. The lowest BCUT2D eigenvalue weighted by atomic mass is 10.2. The fraction of sp³-hybridized carbons (Fsp3) is 0.750. The smallest absolute Gasteiger partial charge is 0.420 e. The largest absolute Gasteiger partial charge is 0.443 e. The number of unbranched alkanes of at least 4 members (excludes halogenated alkanes) is 1. The number of amides is 2. The maximum Gasteiger partial charge on any atom is 0.420 e. The Morgan fingerprint density at radius 3 is 1.67 bits per heavy atom. The fourth-order valence-electron chi connectivity index (χ4n) is 1.32. The summed E-state index contributed by atoms with van der Waals surface area (Å²) in [4.78, 5) is 25.2. The second kappa shape index (κ2) is 8.05. The average Bonchev–Trinajstić information content (AvgIpc) is 2.23. The maximum absolute atomic E-state index is 12.1. The SMILES string of the molecule is CCC/C=C\CN(C(=O)OC(C)(C)C)C(=O)OC(C)(C)C. The van der Waals surface area contributed by atoms with Gasteiger partial charge < -0.3 is 9.47 Å². The van der Waals surface area contributed by atoms with Gasteiger partial charge in [-0.3, -0.25) is 0 Å². The van der Waals surface area contributed by atoms with Crippen LogP contribution in [0.3, 0.4) is 0 Å². The molecule has 0 fully saturated rings. The number of allylic oxidation sites excluding steroid dienone is 1. The average molecular weight is 299 g/mol. The van der Waals surface area contributed by atoms with Crippen LogP contribution in [0.1, 0.15) is 61.3 Å². The lowest BCUT2D eigenvalue weighted by molar-refractivity contribution is 0.00373. The zero-order valence-electron chi connectivity index (χ0n) is 14.4. The highest BCUT2D eigenvalue weighted by molar-refractivity contribution is 5.88. The first-order chi connectivity index (χ1) is 9.46. The highest BCUT2D eigenvalue weighted by Crippen LogP contribution is 2.14. The van der Waals surface area contributed by atoms with E-state index < -0.39 is 23.4 Å². The van der Waals surface area contributed by atoms with Crippen LogP contribution in [0.4, 0.5) is 9.59 Å². The van der Waals surface area contributed by atoms with Gasteiger partial charge in [-0.1, -0.05) is 25.5 Å². The first-order valence-corrected chi connectivity index (χ1v) is 7.35. The molecule has 0 N–H and O–H groups in total. The minimum absolute atomic E-state index is 0.143.